The van der Waals surface area contributed by atoms with Gasteiger partial charge in [0.1, 0.15) is 12.4 Å². The Labute approximate surface area is 108 Å². The van der Waals surface area contributed by atoms with Crippen molar-refractivity contribution in [1.82, 2.24) is 4.90 Å². The largest absolute Gasteiger partial charge is 0.492 e. The van der Waals surface area contributed by atoms with Crippen LogP contribution in [-0.2, 0) is 11.2 Å². The van der Waals surface area contributed by atoms with Gasteiger partial charge in [-0.15, -0.1) is 0 Å². The first kappa shape index (κ1) is 12.9. The van der Waals surface area contributed by atoms with Gasteiger partial charge in [-0.25, -0.2) is 0 Å². The van der Waals surface area contributed by atoms with Gasteiger partial charge in [0, 0.05) is 13.0 Å². The lowest BCUT2D eigenvalue weighted by atomic mass is 10.1. The molecule has 1 fully saturated rings. The molecule has 0 unspecified atom stereocenters. The van der Waals surface area contributed by atoms with Crippen LogP contribution in [-0.4, -0.2) is 37.0 Å². The van der Waals surface area contributed by atoms with E-state index in [1.807, 2.05) is 29.2 Å². The maximum Gasteiger partial charge on any atom is 0.222 e. The first-order valence-electron chi connectivity index (χ1n) is 6.49. The maximum absolute atomic E-state index is 11.4. The van der Waals surface area contributed by atoms with E-state index < -0.39 is 0 Å². The number of benzene rings is 1. The molecule has 0 spiro atoms. The highest BCUT2D eigenvalue weighted by Crippen LogP contribution is 2.13. The van der Waals surface area contributed by atoms with Crippen molar-refractivity contribution in [3.05, 3.63) is 29.8 Å². The lowest BCUT2D eigenvalue weighted by Gasteiger charge is -2.15. The normalized spacial score (nSPS) is 15.2. The van der Waals surface area contributed by atoms with E-state index in [9.17, 15) is 4.79 Å². The Morgan fingerprint density at radius 3 is 2.67 bits per heavy atom. The predicted molar refractivity (Wildman–Crippen MR) is 70.5 cm³/mol. The van der Waals surface area contributed by atoms with E-state index in [1.54, 1.807) is 0 Å². The molecule has 1 saturated heterocycles. The number of nitrogens with two attached hydrogens (primary N) is 1. The molecule has 1 amide bonds. The topological polar surface area (TPSA) is 55.6 Å². The second-order valence-corrected chi connectivity index (χ2v) is 4.52. The molecule has 0 saturated carbocycles. The molecule has 18 heavy (non-hydrogen) atoms. The zero-order valence-electron chi connectivity index (χ0n) is 10.6. The van der Waals surface area contributed by atoms with Crippen LogP contribution >= 0.6 is 0 Å². The van der Waals surface area contributed by atoms with Crippen molar-refractivity contribution >= 4 is 5.91 Å². The Morgan fingerprint density at radius 1 is 1.28 bits per heavy atom. The second-order valence-electron chi connectivity index (χ2n) is 4.52. The predicted octanol–water partition coefficient (Wildman–Crippen LogP) is 1.19. The number of rotatable bonds is 6. The van der Waals surface area contributed by atoms with Crippen molar-refractivity contribution < 1.29 is 9.53 Å². The maximum atomic E-state index is 11.4. The summed E-state index contributed by atoms with van der Waals surface area (Å²) in [6.45, 7) is 2.78. The van der Waals surface area contributed by atoms with E-state index in [4.69, 9.17) is 10.5 Å². The molecule has 2 rings (SSSR count). The number of nitrogens with zero attached hydrogens (tertiary/aromatic N) is 1. The first-order chi connectivity index (χ1) is 8.79. The standard InChI is InChI=1S/C14H20N2O2/c15-8-7-12-3-5-13(6-4-12)18-11-10-16-9-1-2-14(16)17/h3-6H,1-2,7-11,15H2. The van der Waals surface area contributed by atoms with E-state index in [0.29, 0.717) is 26.1 Å². The zero-order valence-corrected chi connectivity index (χ0v) is 10.6. The minimum absolute atomic E-state index is 0.247. The number of hydrogen-bond donors (Lipinski definition) is 1. The number of carbonyl (C=O) groups is 1. The number of hydrogen-bond acceptors (Lipinski definition) is 3. The van der Waals surface area contributed by atoms with Gasteiger partial charge in [0.2, 0.25) is 5.91 Å². The third-order valence-corrected chi connectivity index (χ3v) is 3.16. The minimum atomic E-state index is 0.247. The summed E-state index contributed by atoms with van der Waals surface area (Å²) in [5.41, 5.74) is 6.71. The summed E-state index contributed by atoms with van der Waals surface area (Å²) in [6, 6.07) is 7.97. The summed E-state index contributed by atoms with van der Waals surface area (Å²) in [7, 11) is 0. The van der Waals surface area contributed by atoms with Gasteiger partial charge in [0.25, 0.3) is 0 Å². The van der Waals surface area contributed by atoms with E-state index in [0.717, 1.165) is 25.1 Å². The molecular weight excluding hydrogens is 228 g/mol. The van der Waals surface area contributed by atoms with Crippen molar-refractivity contribution in [2.75, 3.05) is 26.2 Å². The van der Waals surface area contributed by atoms with Crippen LogP contribution in [0.3, 0.4) is 0 Å². The molecule has 2 N–H and O–H groups in total. The van der Waals surface area contributed by atoms with Gasteiger partial charge in [0.15, 0.2) is 0 Å². The van der Waals surface area contributed by atoms with Gasteiger partial charge >= 0.3 is 0 Å². The van der Waals surface area contributed by atoms with Crippen LogP contribution in [0, 0.1) is 0 Å². The fourth-order valence-electron chi connectivity index (χ4n) is 2.13. The highest BCUT2D eigenvalue weighted by molar-refractivity contribution is 5.78. The van der Waals surface area contributed by atoms with E-state index in [-0.39, 0.29) is 5.91 Å². The van der Waals surface area contributed by atoms with Crippen LogP contribution in [0.1, 0.15) is 18.4 Å². The van der Waals surface area contributed by atoms with Crippen molar-refractivity contribution in [3.63, 3.8) is 0 Å². The summed E-state index contributed by atoms with van der Waals surface area (Å²) in [6.07, 6.45) is 2.56. The van der Waals surface area contributed by atoms with Crippen LogP contribution in [0.4, 0.5) is 0 Å². The molecule has 0 aliphatic carbocycles. The van der Waals surface area contributed by atoms with E-state index in [1.165, 1.54) is 5.56 Å². The Bertz CT molecular complexity index is 389. The first-order valence-corrected chi connectivity index (χ1v) is 6.49. The van der Waals surface area contributed by atoms with Gasteiger partial charge in [-0.2, -0.15) is 0 Å². The van der Waals surface area contributed by atoms with Crippen molar-refractivity contribution in [1.29, 1.82) is 0 Å². The second kappa shape index (κ2) is 6.40. The molecule has 0 radical (unpaired) electrons. The van der Waals surface area contributed by atoms with Crippen molar-refractivity contribution in [2.24, 2.45) is 5.73 Å². The zero-order chi connectivity index (χ0) is 12.8. The van der Waals surface area contributed by atoms with Crippen LogP contribution in [0.5, 0.6) is 5.75 Å². The molecule has 1 aliphatic rings. The van der Waals surface area contributed by atoms with Crippen molar-refractivity contribution in [3.8, 4) is 5.75 Å². The number of carbonyl (C=O) groups excluding carboxylic acids is 1. The lowest BCUT2D eigenvalue weighted by Crippen LogP contribution is -2.29. The minimum Gasteiger partial charge on any atom is -0.492 e. The lowest BCUT2D eigenvalue weighted by molar-refractivity contribution is -0.128. The molecular formula is C14H20N2O2. The average Bonchev–Trinajstić information content (AvgIpc) is 2.78. The van der Waals surface area contributed by atoms with Crippen LogP contribution in [0.2, 0.25) is 0 Å². The van der Waals surface area contributed by atoms with Crippen LogP contribution in [0.25, 0.3) is 0 Å². The Balaban J connectivity index is 1.74. The molecule has 4 heteroatoms. The van der Waals surface area contributed by atoms with Crippen molar-refractivity contribution in [2.45, 2.75) is 19.3 Å². The smallest absolute Gasteiger partial charge is 0.222 e. The third-order valence-electron chi connectivity index (χ3n) is 3.16. The van der Waals surface area contributed by atoms with Crippen LogP contribution < -0.4 is 10.5 Å². The van der Waals surface area contributed by atoms with Gasteiger partial charge in [-0.1, -0.05) is 12.1 Å². The van der Waals surface area contributed by atoms with E-state index >= 15 is 0 Å². The van der Waals surface area contributed by atoms with Crippen LogP contribution in [0.15, 0.2) is 24.3 Å². The summed E-state index contributed by atoms with van der Waals surface area (Å²) < 4.78 is 5.62. The third kappa shape index (κ3) is 3.47. The summed E-state index contributed by atoms with van der Waals surface area (Å²) >= 11 is 0. The highest BCUT2D eigenvalue weighted by atomic mass is 16.5. The Hall–Kier alpha value is -1.55. The quantitative estimate of drug-likeness (QED) is 0.822. The molecule has 0 bridgehead atoms. The van der Waals surface area contributed by atoms with Gasteiger partial charge in [-0.05, 0) is 37.1 Å². The number of amides is 1. The molecule has 1 aromatic carbocycles. The fourth-order valence-corrected chi connectivity index (χ4v) is 2.13. The highest BCUT2D eigenvalue weighted by Gasteiger charge is 2.19. The summed E-state index contributed by atoms with van der Waals surface area (Å²) in [5.74, 6) is 1.10. The monoisotopic (exact) mass is 248 g/mol. The van der Waals surface area contributed by atoms with Gasteiger partial charge in [-0.3, -0.25) is 4.79 Å². The molecule has 0 aromatic heterocycles. The number of ether oxygens (including phenoxy) is 1. The molecule has 0 atom stereocenters. The molecule has 1 heterocycles. The van der Waals surface area contributed by atoms with Gasteiger partial charge in [0.05, 0.1) is 6.54 Å². The molecule has 1 aliphatic heterocycles. The number of likely N-dealkylation sites (tertiary alicyclic amines) is 1. The van der Waals surface area contributed by atoms with E-state index in [2.05, 4.69) is 0 Å². The summed E-state index contributed by atoms with van der Waals surface area (Å²) in [5, 5.41) is 0. The summed E-state index contributed by atoms with van der Waals surface area (Å²) in [4.78, 5) is 13.3. The molecule has 98 valence electrons. The Kier molecular flexibility index (Phi) is 4.59. The Morgan fingerprint density at radius 2 is 2.06 bits per heavy atom. The molecule has 1 aromatic rings. The fraction of sp³-hybridized carbons (Fsp3) is 0.500. The van der Waals surface area contributed by atoms with Gasteiger partial charge < -0.3 is 15.4 Å². The average molecular weight is 248 g/mol. The molecule has 4 nitrogen and oxygen atoms in total. The SMILES string of the molecule is NCCc1ccc(OCCN2CCCC2=O)cc1.